The first-order valence-corrected chi connectivity index (χ1v) is 6.32. The Morgan fingerprint density at radius 1 is 1.20 bits per heavy atom. The van der Waals surface area contributed by atoms with Gasteiger partial charge in [0.1, 0.15) is 0 Å². The van der Waals surface area contributed by atoms with Crippen LogP contribution in [0.1, 0.15) is 53.4 Å². The molecule has 1 N–H and O–H groups in total. The van der Waals surface area contributed by atoms with Gasteiger partial charge in [-0.15, -0.1) is 0 Å². The molecule has 5 atom stereocenters. The number of hydrogen-bond donors (Lipinski definition) is 1. The lowest BCUT2D eigenvalue weighted by atomic mass is 9.80. The van der Waals surface area contributed by atoms with E-state index in [4.69, 9.17) is 4.74 Å². The van der Waals surface area contributed by atoms with E-state index < -0.39 is 0 Å². The third-order valence-corrected chi connectivity index (χ3v) is 3.65. The number of aliphatic hydroxyl groups is 1. The van der Waals surface area contributed by atoms with Gasteiger partial charge >= 0.3 is 0 Å². The Labute approximate surface area is 94.0 Å². The quantitative estimate of drug-likeness (QED) is 0.779. The van der Waals surface area contributed by atoms with Crippen LogP contribution >= 0.6 is 0 Å². The summed E-state index contributed by atoms with van der Waals surface area (Å²) in [7, 11) is 0. The molecule has 0 heterocycles. The Hall–Kier alpha value is -0.0800. The monoisotopic (exact) mass is 214 g/mol. The summed E-state index contributed by atoms with van der Waals surface area (Å²) in [6.45, 7) is 8.54. The van der Waals surface area contributed by atoms with Crippen molar-refractivity contribution in [2.24, 2.45) is 11.8 Å². The summed E-state index contributed by atoms with van der Waals surface area (Å²) in [5.74, 6) is 1.62. The zero-order valence-electron chi connectivity index (χ0n) is 10.6. The second-order valence-electron chi connectivity index (χ2n) is 5.42. The minimum Gasteiger partial charge on any atom is -0.393 e. The van der Waals surface area contributed by atoms with Crippen LogP contribution in [0.4, 0.5) is 0 Å². The standard InChI is InChI=1S/C13H26O2/c1-9-5-6-13(7-10(9)2)15-12(4)8-11(3)14/h9-14H,5-8H2,1-4H3. The molecule has 1 aliphatic carbocycles. The van der Waals surface area contributed by atoms with Gasteiger partial charge in [-0.2, -0.15) is 0 Å². The topological polar surface area (TPSA) is 29.5 Å². The highest BCUT2D eigenvalue weighted by Gasteiger charge is 2.26. The second kappa shape index (κ2) is 5.86. The zero-order chi connectivity index (χ0) is 11.4. The molecule has 0 radical (unpaired) electrons. The summed E-state index contributed by atoms with van der Waals surface area (Å²) in [4.78, 5) is 0. The lowest BCUT2D eigenvalue weighted by Gasteiger charge is -2.33. The highest BCUT2D eigenvalue weighted by Crippen LogP contribution is 2.31. The molecule has 0 aliphatic heterocycles. The fourth-order valence-electron chi connectivity index (χ4n) is 2.49. The molecule has 5 unspecified atom stereocenters. The van der Waals surface area contributed by atoms with Crippen LogP contribution in [0.25, 0.3) is 0 Å². The van der Waals surface area contributed by atoms with E-state index in [1.807, 2.05) is 6.92 Å². The maximum atomic E-state index is 9.27. The Morgan fingerprint density at radius 3 is 2.40 bits per heavy atom. The molecule has 1 aliphatic rings. The van der Waals surface area contributed by atoms with Crippen molar-refractivity contribution in [3.63, 3.8) is 0 Å². The van der Waals surface area contributed by atoms with Gasteiger partial charge in [-0.3, -0.25) is 0 Å². The van der Waals surface area contributed by atoms with Crippen LogP contribution in [0.2, 0.25) is 0 Å². The van der Waals surface area contributed by atoms with Crippen molar-refractivity contribution in [2.45, 2.75) is 71.7 Å². The number of rotatable bonds is 4. The Morgan fingerprint density at radius 2 is 1.87 bits per heavy atom. The van der Waals surface area contributed by atoms with E-state index in [-0.39, 0.29) is 12.2 Å². The molecule has 0 amide bonds. The van der Waals surface area contributed by atoms with Gasteiger partial charge in [0.2, 0.25) is 0 Å². The first-order valence-electron chi connectivity index (χ1n) is 6.32. The van der Waals surface area contributed by atoms with E-state index in [1.54, 1.807) is 0 Å². The Balaban J connectivity index is 2.27. The minimum absolute atomic E-state index is 0.190. The number of aliphatic hydroxyl groups excluding tert-OH is 1. The molecule has 0 spiro atoms. The zero-order valence-corrected chi connectivity index (χ0v) is 10.6. The maximum absolute atomic E-state index is 9.27. The summed E-state index contributed by atoms with van der Waals surface area (Å²) in [6.07, 6.45) is 4.77. The first-order chi connectivity index (χ1) is 6.99. The predicted octanol–water partition coefficient (Wildman–Crippen LogP) is 2.99. The molecule has 1 saturated carbocycles. The van der Waals surface area contributed by atoms with Crippen molar-refractivity contribution in [3.05, 3.63) is 0 Å². The normalized spacial score (nSPS) is 36.2. The highest BCUT2D eigenvalue weighted by atomic mass is 16.5. The molecule has 1 fully saturated rings. The van der Waals surface area contributed by atoms with Gasteiger partial charge in [0, 0.05) is 0 Å². The van der Waals surface area contributed by atoms with Gasteiger partial charge in [0.25, 0.3) is 0 Å². The smallest absolute Gasteiger partial charge is 0.0581 e. The minimum atomic E-state index is -0.250. The van der Waals surface area contributed by atoms with Crippen LogP contribution in [0.15, 0.2) is 0 Å². The van der Waals surface area contributed by atoms with Crippen LogP contribution in [0.5, 0.6) is 0 Å². The van der Waals surface area contributed by atoms with E-state index in [9.17, 15) is 5.11 Å². The lowest BCUT2D eigenvalue weighted by molar-refractivity contribution is -0.0540. The highest BCUT2D eigenvalue weighted by molar-refractivity contribution is 4.76. The lowest BCUT2D eigenvalue weighted by Crippen LogP contribution is -2.30. The van der Waals surface area contributed by atoms with E-state index >= 15 is 0 Å². The van der Waals surface area contributed by atoms with E-state index in [0.29, 0.717) is 6.10 Å². The predicted molar refractivity (Wildman–Crippen MR) is 62.8 cm³/mol. The van der Waals surface area contributed by atoms with E-state index in [1.165, 1.54) is 19.3 Å². The molecule has 15 heavy (non-hydrogen) atoms. The average Bonchev–Trinajstić information content (AvgIpc) is 2.10. The number of ether oxygens (including phenoxy) is 1. The van der Waals surface area contributed by atoms with Gasteiger partial charge in [0.05, 0.1) is 18.3 Å². The Kier molecular flexibility index (Phi) is 5.07. The van der Waals surface area contributed by atoms with E-state index in [2.05, 4.69) is 20.8 Å². The van der Waals surface area contributed by atoms with Crippen molar-refractivity contribution in [2.75, 3.05) is 0 Å². The third kappa shape index (κ3) is 4.52. The maximum Gasteiger partial charge on any atom is 0.0581 e. The van der Waals surface area contributed by atoms with Crippen molar-refractivity contribution < 1.29 is 9.84 Å². The van der Waals surface area contributed by atoms with Crippen LogP contribution in [0.3, 0.4) is 0 Å². The molecule has 1 rings (SSSR count). The van der Waals surface area contributed by atoms with Gasteiger partial charge in [-0.05, 0) is 51.4 Å². The molecule has 90 valence electrons. The van der Waals surface area contributed by atoms with Crippen LogP contribution in [0, 0.1) is 11.8 Å². The van der Waals surface area contributed by atoms with Gasteiger partial charge in [-0.25, -0.2) is 0 Å². The summed E-state index contributed by atoms with van der Waals surface area (Å²) in [5, 5.41) is 9.27. The van der Waals surface area contributed by atoms with Crippen molar-refractivity contribution in [3.8, 4) is 0 Å². The van der Waals surface area contributed by atoms with Crippen molar-refractivity contribution in [1.82, 2.24) is 0 Å². The van der Waals surface area contributed by atoms with Crippen molar-refractivity contribution in [1.29, 1.82) is 0 Å². The van der Waals surface area contributed by atoms with Crippen LogP contribution < -0.4 is 0 Å². The van der Waals surface area contributed by atoms with Gasteiger partial charge in [0.15, 0.2) is 0 Å². The summed E-state index contributed by atoms with van der Waals surface area (Å²) < 4.78 is 5.96. The average molecular weight is 214 g/mol. The molecule has 0 aromatic carbocycles. The third-order valence-electron chi connectivity index (χ3n) is 3.65. The van der Waals surface area contributed by atoms with Crippen LogP contribution in [-0.4, -0.2) is 23.4 Å². The molecular weight excluding hydrogens is 188 g/mol. The number of hydrogen-bond acceptors (Lipinski definition) is 2. The first kappa shape index (κ1) is 13.0. The molecule has 0 aromatic heterocycles. The molecule has 0 bridgehead atoms. The van der Waals surface area contributed by atoms with Gasteiger partial charge < -0.3 is 9.84 Å². The fraction of sp³-hybridized carbons (Fsp3) is 1.00. The van der Waals surface area contributed by atoms with Gasteiger partial charge in [-0.1, -0.05) is 13.8 Å². The Bertz CT molecular complexity index is 179. The molecule has 0 aromatic rings. The molecule has 2 nitrogen and oxygen atoms in total. The summed E-state index contributed by atoms with van der Waals surface area (Å²) in [6, 6.07) is 0. The summed E-state index contributed by atoms with van der Waals surface area (Å²) in [5.41, 5.74) is 0. The fourth-order valence-corrected chi connectivity index (χ4v) is 2.49. The van der Waals surface area contributed by atoms with E-state index in [0.717, 1.165) is 18.3 Å². The SMILES string of the molecule is CC(O)CC(C)OC1CCC(C)C(C)C1. The molecular formula is C13H26O2. The molecule has 2 heteroatoms. The van der Waals surface area contributed by atoms with Crippen LogP contribution in [-0.2, 0) is 4.74 Å². The largest absolute Gasteiger partial charge is 0.393 e. The summed E-state index contributed by atoms with van der Waals surface area (Å²) >= 11 is 0. The molecule has 0 saturated heterocycles. The van der Waals surface area contributed by atoms with Crippen molar-refractivity contribution >= 4 is 0 Å². The second-order valence-corrected chi connectivity index (χ2v) is 5.42.